The van der Waals surface area contributed by atoms with E-state index in [1.54, 1.807) is 6.08 Å². The molecule has 0 aliphatic rings. The van der Waals surface area contributed by atoms with Crippen LogP contribution >= 0.6 is 0 Å². The maximum atomic E-state index is 5.19. The van der Waals surface area contributed by atoms with Gasteiger partial charge in [-0.25, -0.2) is 12.2 Å². The van der Waals surface area contributed by atoms with Crippen molar-refractivity contribution in [3.05, 3.63) is 56.0 Å². The molecule has 0 aromatic rings. The third-order valence-electron chi connectivity index (χ3n) is 2.45. The van der Waals surface area contributed by atoms with Gasteiger partial charge in [-0.15, -0.1) is 0 Å². The van der Waals surface area contributed by atoms with Gasteiger partial charge in [-0.1, -0.05) is 63.8 Å². The number of unbranched alkanes of at least 4 members (excludes halogenated alkanes) is 4. The first-order valence-electron chi connectivity index (χ1n) is 7.62. The van der Waals surface area contributed by atoms with Gasteiger partial charge in [0.1, 0.15) is 0 Å². The summed E-state index contributed by atoms with van der Waals surface area (Å²) in [4.78, 5) is 0. The van der Waals surface area contributed by atoms with Gasteiger partial charge in [-0.3, -0.25) is 6.58 Å². The zero-order chi connectivity index (χ0) is 14.6. The van der Waals surface area contributed by atoms with Gasteiger partial charge in [0.15, 0.2) is 0 Å². The van der Waals surface area contributed by atoms with Crippen molar-refractivity contribution >= 4 is 0 Å². The minimum atomic E-state index is 0. The summed E-state index contributed by atoms with van der Waals surface area (Å²) >= 11 is 0. The van der Waals surface area contributed by atoms with Crippen LogP contribution in [-0.2, 0) is 32.7 Å². The predicted molar refractivity (Wildman–Crippen MR) is 89.9 cm³/mol. The van der Waals surface area contributed by atoms with Crippen molar-refractivity contribution in [1.29, 1.82) is 0 Å². The third-order valence-corrected chi connectivity index (χ3v) is 2.45. The summed E-state index contributed by atoms with van der Waals surface area (Å²) in [7, 11) is 0. The first-order valence-corrected chi connectivity index (χ1v) is 7.62. The molecule has 0 aliphatic carbocycles. The van der Waals surface area contributed by atoms with Crippen LogP contribution in [0.5, 0.6) is 0 Å². The fourth-order valence-electron chi connectivity index (χ4n) is 1.29. The average Bonchev–Trinajstić information content (AvgIpc) is 2.43. The molecule has 0 aromatic heterocycles. The quantitative estimate of drug-likeness (QED) is 0.180. The molecule has 1 radical (unpaired) electrons. The molecular weight excluding hydrogens is 317 g/mol. The molecule has 0 saturated heterocycles. The summed E-state index contributed by atoms with van der Waals surface area (Å²) < 4.78 is 0. The second-order valence-electron chi connectivity index (χ2n) is 4.38. The van der Waals surface area contributed by atoms with Crippen molar-refractivity contribution in [2.45, 2.75) is 65.2 Å². The van der Waals surface area contributed by atoms with Crippen molar-refractivity contribution in [3.8, 4) is 0 Å². The van der Waals surface area contributed by atoms with E-state index in [0.717, 1.165) is 19.3 Å². The van der Waals surface area contributed by atoms with Gasteiger partial charge >= 0.3 is 0 Å². The van der Waals surface area contributed by atoms with Crippen LogP contribution < -0.4 is 0 Å². The third kappa shape index (κ3) is 30.8. The molecule has 0 rings (SSSR count). The molecule has 0 N–H and O–H groups in total. The number of hydrogen-bond acceptors (Lipinski definition) is 0. The Labute approximate surface area is 153 Å². The van der Waals surface area contributed by atoms with E-state index in [0.29, 0.717) is 0 Å². The summed E-state index contributed by atoms with van der Waals surface area (Å²) in [5.74, 6) is 0. The van der Waals surface area contributed by atoms with Gasteiger partial charge in [-0.2, -0.15) is 12.5 Å². The molecule has 0 heterocycles. The summed E-state index contributed by atoms with van der Waals surface area (Å²) in [6, 6.07) is 0. The zero-order valence-corrected chi connectivity index (χ0v) is 16.4. The van der Waals surface area contributed by atoms with E-state index in [-0.39, 0.29) is 32.7 Å². The zero-order valence-electron chi connectivity index (χ0n) is 13.6. The molecule has 0 atom stereocenters. The van der Waals surface area contributed by atoms with Crippen molar-refractivity contribution in [3.63, 3.8) is 0 Å². The molecule has 0 unspecified atom stereocenters. The molecule has 20 heavy (non-hydrogen) atoms. The van der Waals surface area contributed by atoms with Crippen LogP contribution in [-0.4, -0.2) is 0 Å². The van der Waals surface area contributed by atoms with Crippen LogP contribution in [0.4, 0.5) is 0 Å². The molecule has 0 amide bonds. The molecule has 0 fully saturated rings. The second-order valence-corrected chi connectivity index (χ2v) is 4.38. The Morgan fingerprint density at radius 2 is 1.40 bits per heavy atom. The van der Waals surface area contributed by atoms with E-state index in [1.165, 1.54) is 32.1 Å². The molecule has 0 spiro atoms. The Bertz CT molecular complexity index is 234. The minimum Gasteiger partial charge on any atom is -0.343 e. The van der Waals surface area contributed by atoms with Gasteiger partial charge in [0.25, 0.3) is 0 Å². The van der Waals surface area contributed by atoms with E-state index in [9.17, 15) is 0 Å². The minimum absolute atomic E-state index is 0. The van der Waals surface area contributed by atoms with Crippen molar-refractivity contribution in [2.75, 3.05) is 0 Å². The van der Waals surface area contributed by atoms with E-state index < -0.39 is 0 Å². The van der Waals surface area contributed by atoms with Gasteiger partial charge in [0, 0.05) is 32.7 Å². The molecule has 0 aromatic carbocycles. The van der Waals surface area contributed by atoms with Gasteiger partial charge < -0.3 is 6.92 Å². The monoisotopic (exact) mass is 349 g/mol. The molecule has 0 bridgehead atoms. The van der Waals surface area contributed by atoms with Gasteiger partial charge in [0.05, 0.1) is 0 Å². The maximum absolute atomic E-state index is 5.19. The SMILES string of the molecule is [CH-]=C/C=C\C/C=C\C/C=C\CCCC.[CH2-]CCCC.[Y]. The average molecular weight is 349 g/mol. The van der Waals surface area contributed by atoms with Crippen LogP contribution in [0.25, 0.3) is 0 Å². The van der Waals surface area contributed by atoms with Crippen LogP contribution in [0, 0.1) is 13.5 Å². The van der Waals surface area contributed by atoms with Crippen molar-refractivity contribution in [1.82, 2.24) is 0 Å². The van der Waals surface area contributed by atoms with Crippen LogP contribution in [0.3, 0.4) is 0 Å². The summed E-state index contributed by atoms with van der Waals surface area (Å²) in [6.45, 7) is 13.3. The van der Waals surface area contributed by atoms with Crippen LogP contribution in [0.1, 0.15) is 65.2 Å². The van der Waals surface area contributed by atoms with E-state index in [2.05, 4.69) is 45.1 Å². The standard InChI is InChI=1S/C14H21.C5H11.Y/c1-3-5-7-9-11-13-14-12-10-8-6-4-2;1-3-5-4-2;/h1,3,5,7,10-13H,4,6,8-9,14H2,2H3;1,3-5H2,2H3;/q2*-1;/b7-5-,12-10-,13-11-;;. The molecule has 0 saturated carbocycles. The largest absolute Gasteiger partial charge is 0.343 e. The van der Waals surface area contributed by atoms with Crippen LogP contribution in [0.15, 0.2) is 42.5 Å². The normalized spacial score (nSPS) is 10.6. The molecular formula is C19H32Y-2. The maximum Gasteiger partial charge on any atom is 0 e. The van der Waals surface area contributed by atoms with E-state index in [1.807, 2.05) is 12.2 Å². The Balaban J connectivity index is -0.000000414. The predicted octanol–water partition coefficient (Wildman–Crippen LogP) is 6.62. The topological polar surface area (TPSA) is 0 Å². The second kappa shape index (κ2) is 27.4. The van der Waals surface area contributed by atoms with Crippen LogP contribution in [0.2, 0.25) is 0 Å². The number of hydrogen-bond donors (Lipinski definition) is 0. The fraction of sp³-hybridized carbons (Fsp3) is 0.526. The Kier molecular flexibility index (Phi) is 34.3. The Morgan fingerprint density at radius 3 is 1.85 bits per heavy atom. The summed E-state index contributed by atoms with van der Waals surface area (Å²) in [5.41, 5.74) is 0. The van der Waals surface area contributed by atoms with Crippen molar-refractivity contribution in [2.24, 2.45) is 0 Å². The Hall–Kier alpha value is 0.0639. The number of allylic oxidation sites excluding steroid dienone is 7. The number of rotatable bonds is 10. The summed E-state index contributed by atoms with van der Waals surface area (Å²) in [5, 5.41) is 0. The Morgan fingerprint density at radius 1 is 0.850 bits per heavy atom. The smallest absolute Gasteiger partial charge is 0 e. The fourth-order valence-corrected chi connectivity index (χ4v) is 1.29. The summed E-state index contributed by atoms with van der Waals surface area (Å²) in [6.07, 6.45) is 23.7. The van der Waals surface area contributed by atoms with Crippen molar-refractivity contribution < 1.29 is 32.7 Å². The molecule has 0 aliphatic heterocycles. The molecule has 113 valence electrons. The van der Waals surface area contributed by atoms with Gasteiger partial charge in [0.2, 0.25) is 0 Å². The molecule has 0 nitrogen and oxygen atoms in total. The van der Waals surface area contributed by atoms with Gasteiger partial charge in [-0.05, 0) is 19.3 Å². The first-order chi connectivity index (χ1) is 9.33. The van der Waals surface area contributed by atoms with E-state index in [4.69, 9.17) is 6.58 Å². The first kappa shape index (κ1) is 25.0. The van der Waals surface area contributed by atoms with E-state index >= 15 is 0 Å². The molecule has 1 heteroatoms.